The highest BCUT2D eigenvalue weighted by molar-refractivity contribution is 6.51. The Morgan fingerprint density at radius 2 is 1.53 bits per heavy atom. The summed E-state index contributed by atoms with van der Waals surface area (Å²) in [4.78, 5) is 29.5. The molecule has 1 N–H and O–H groups in total. The fraction of sp³-hybridized carbons (Fsp3) is 0.185. The standard InChI is InChI=1S/C27H21Cl2F3N2O4/c1-33(2)17-8-4-14(5-9-17)22-21(23(35)15-12-19(28)25(38-3)20(29)13-15)24(36)26(37)34(22)18-10-6-16(7-11-18)27(30,31)32/h4-13,22,35H,1-3H3/b23-21+. The van der Waals surface area contributed by atoms with Crippen molar-refractivity contribution in [2.45, 2.75) is 12.2 Å². The Balaban J connectivity index is 1.92. The molecule has 0 radical (unpaired) electrons. The zero-order valence-electron chi connectivity index (χ0n) is 20.3. The van der Waals surface area contributed by atoms with Gasteiger partial charge in [-0.3, -0.25) is 14.5 Å². The van der Waals surface area contributed by atoms with Gasteiger partial charge >= 0.3 is 6.18 Å². The van der Waals surface area contributed by atoms with Crippen molar-refractivity contribution >= 4 is 52.0 Å². The number of anilines is 2. The lowest BCUT2D eigenvalue weighted by Crippen LogP contribution is -2.29. The number of alkyl halides is 3. The molecule has 1 unspecified atom stereocenters. The summed E-state index contributed by atoms with van der Waals surface area (Å²) in [5.41, 5.74) is 0.195. The number of hydrogen-bond acceptors (Lipinski definition) is 5. The molecule has 6 nitrogen and oxygen atoms in total. The molecule has 0 aliphatic carbocycles. The summed E-state index contributed by atoms with van der Waals surface area (Å²) in [7, 11) is 5.03. The number of carbonyl (C=O) groups excluding carboxylic acids is 2. The monoisotopic (exact) mass is 564 g/mol. The second kappa shape index (κ2) is 10.2. The third-order valence-electron chi connectivity index (χ3n) is 6.12. The molecule has 3 aromatic rings. The average Bonchev–Trinajstić information content (AvgIpc) is 3.13. The number of hydrogen-bond donors (Lipinski definition) is 1. The molecule has 0 aromatic heterocycles. The van der Waals surface area contributed by atoms with Crippen LogP contribution in [0.15, 0.2) is 66.2 Å². The number of methoxy groups -OCH3 is 1. The van der Waals surface area contributed by atoms with Gasteiger partial charge in [-0.1, -0.05) is 35.3 Å². The van der Waals surface area contributed by atoms with Gasteiger partial charge in [0.15, 0.2) is 5.75 Å². The number of aliphatic hydroxyl groups is 1. The van der Waals surface area contributed by atoms with Gasteiger partial charge in [0.2, 0.25) is 0 Å². The Kier molecular flexibility index (Phi) is 7.36. The quantitative estimate of drug-likeness (QED) is 0.212. The number of halogens is 5. The zero-order valence-corrected chi connectivity index (χ0v) is 21.8. The van der Waals surface area contributed by atoms with E-state index in [1.54, 1.807) is 24.3 Å². The first kappa shape index (κ1) is 27.3. The highest BCUT2D eigenvalue weighted by Crippen LogP contribution is 2.44. The van der Waals surface area contributed by atoms with E-state index >= 15 is 0 Å². The molecule has 0 bridgehead atoms. The van der Waals surface area contributed by atoms with Gasteiger partial charge in [-0.15, -0.1) is 0 Å². The first-order valence-electron chi connectivity index (χ1n) is 11.1. The van der Waals surface area contributed by atoms with Gasteiger partial charge in [0.1, 0.15) is 5.76 Å². The van der Waals surface area contributed by atoms with Crippen LogP contribution in [0.2, 0.25) is 10.0 Å². The van der Waals surface area contributed by atoms with E-state index in [1.807, 2.05) is 19.0 Å². The maximum Gasteiger partial charge on any atom is 0.416 e. The molecule has 1 aliphatic heterocycles. The van der Waals surface area contributed by atoms with Crippen LogP contribution >= 0.6 is 23.2 Å². The number of Topliss-reactive ketones (excluding diaryl/α,β-unsaturated/α-hetero) is 1. The van der Waals surface area contributed by atoms with Gasteiger partial charge < -0.3 is 14.7 Å². The molecule has 1 heterocycles. The second-order valence-electron chi connectivity index (χ2n) is 8.67. The van der Waals surface area contributed by atoms with Gasteiger partial charge in [0.25, 0.3) is 11.7 Å². The van der Waals surface area contributed by atoms with E-state index in [4.69, 9.17) is 27.9 Å². The van der Waals surface area contributed by atoms with Gasteiger partial charge in [0.05, 0.1) is 34.3 Å². The van der Waals surface area contributed by atoms with Crippen molar-refractivity contribution in [3.63, 3.8) is 0 Å². The van der Waals surface area contributed by atoms with E-state index in [9.17, 15) is 27.9 Å². The van der Waals surface area contributed by atoms with Crippen molar-refractivity contribution < 1.29 is 32.6 Å². The van der Waals surface area contributed by atoms with Gasteiger partial charge in [-0.05, 0) is 54.1 Å². The van der Waals surface area contributed by atoms with E-state index < -0.39 is 35.2 Å². The summed E-state index contributed by atoms with van der Waals surface area (Å²) in [5, 5.41) is 11.4. The minimum absolute atomic E-state index is 0.0478. The third-order valence-corrected chi connectivity index (χ3v) is 6.68. The summed E-state index contributed by atoms with van der Waals surface area (Å²) in [6, 6.07) is 12.2. The first-order chi connectivity index (χ1) is 17.8. The third kappa shape index (κ3) is 4.91. The molecule has 0 spiro atoms. The molecule has 4 rings (SSSR count). The highest BCUT2D eigenvalue weighted by atomic mass is 35.5. The lowest BCUT2D eigenvalue weighted by Gasteiger charge is -2.26. The molecular weight excluding hydrogens is 544 g/mol. The van der Waals surface area contributed by atoms with E-state index in [1.165, 1.54) is 19.2 Å². The van der Waals surface area contributed by atoms with Crippen molar-refractivity contribution in [2.24, 2.45) is 0 Å². The summed E-state index contributed by atoms with van der Waals surface area (Å²) in [5.74, 6) is -2.43. The molecule has 38 heavy (non-hydrogen) atoms. The Morgan fingerprint density at radius 1 is 0.974 bits per heavy atom. The number of rotatable bonds is 5. The summed E-state index contributed by atoms with van der Waals surface area (Å²) in [6.07, 6.45) is -4.58. The lowest BCUT2D eigenvalue weighted by atomic mass is 9.94. The Morgan fingerprint density at radius 3 is 2.00 bits per heavy atom. The number of amides is 1. The number of ether oxygens (including phenoxy) is 1. The summed E-state index contributed by atoms with van der Waals surface area (Å²) < 4.78 is 44.6. The van der Waals surface area contributed by atoms with Crippen LogP contribution in [0.3, 0.4) is 0 Å². The van der Waals surface area contributed by atoms with E-state index in [0.29, 0.717) is 5.56 Å². The van der Waals surface area contributed by atoms with Crippen molar-refractivity contribution in [1.29, 1.82) is 0 Å². The minimum atomic E-state index is -4.58. The lowest BCUT2D eigenvalue weighted by molar-refractivity contribution is -0.137. The number of carbonyl (C=O) groups is 2. The number of aliphatic hydroxyl groups excluding tert-OH is 1. The molecule has 1 amide bonds. The van der Waals surface area contributed by atoms with Crippen LogP contribution in [-0.2, 0) is 15.8 Å². The molecule has 1 fully saturated rings. The molecule has 11 heteroatoms. The summed E-state index contributed by atoms with van der Waals surface area (Å²) in [6.45, 7) is 0. The molecular formula is C27H21Cl2F3N2O4. The Labute approximate surface area is 226 Å². The number of ketones is 1. The van der Waals surface area contributed by atoms with Crippen LogP contribution in [0.25, 0.3) is 5.76 Å². The van der Waals surface area contributed by atoms with Gasteiger partial charge in [-0.2, -0.15) is 13.2 Å². The average molecular weight is 565 g/mol. The fourth-order valence-electron chi connectivity index (χ4n) is 4.23. The predicted octanol–water partition coefficient (Wildman–Crippen LogP) is 6.71. The van der Waals surface area contributed by atoms with E-state index in [2.05, 4.69) is 0 Å². The Bertz CT molecular complexity index is 1410. The normalized spacial score (nSPS) is 17.2. The number of nitrogens with zero attached hydrogens (tertiary/aromatic N) is 2. The van der Waals surface area contributed by atoms with Crippen LogP contribution in [0.1, 0.15) is 22.7 Å². The maximum atomic E-state index is 13.3. The number of benzene rings is 3. The highest BCUT2D eigenvalue weighted by Gasteiger charge is 2.47. The Hall–Kier alpha value is -3.69. The molecule has 0 saturated carbocycles. The predicted molar refractivity (Wildman–Crippen MR) is 140 cm³/mol. The fourth-order valence-corrected chi connectivity index (χ4v) is 4.87. The second-order valence-corrected chi connectivity index (χ2v) is 9.49. The van der Waals surface area contributed by atoms with Crippen molar-refractivity contribution in [3.8, 4) is 5.75 Å². The largest absolute Gasteiger partial charge is 0.507 e. The van der Waals surface area contributed by atoms with Gasteiger partial charge in [-0.25, -0.2) is 0 Å². The smallest absolute Gasteiger partial charge is 0.416 e. The molecule has 198 valence electrons. The van der Waals surface area contributed by atoms with Crippen molar-refractivity contribution in [1.82, 2.24) is 0 Å². The molecule has 1 saturated heterocycles. The van der Waals surface area contributed by atoms with Crippen LogP contribution in [-0.4, -0.2) is 38.0 Å². The molecule has 1 aliphatic rings. The van der Waals surface area contributed by atoms with Crippen molar-refractivity contribution in [2.75, 3.05) is 31.0 Å². The minimum Gasteiger partial charge on any atom is -0.507 e. The summed E-state index contributed by atoms with van der Waals surface area (Å²) >= 11 is 12.5. The van der Waals surface area contributed by atoms with Crippen molar-refractivity contribution in [3.05, 3.63) is 93.0 Å². The SMILES string of the molecule is COc1c(Cl)cc(/C(O)=C2\C(=O)C(=O)N(c3ccc(C(F)(F)F)cc3)C2c2ccc(N(C)C)cc2)cc1Cl. The first-order valence-corrected chi connectivity index (χ1v) is 11.9. The molecule has 3 aromatic carbocycles. The van der Waals surface area contributed by atoms with E-state index in [-0.39, 0.29) is 32.6 Å². The topological polar surface area (TPSA) is 70.1 Å². The van der Waals surface area contributed by atoms with Crippen LogP contribution in [0, 0.1) is 0 Å². The van der Waals surface area contributed by atoms with Crippen LogP contribution in [0.4, 0.5) is 24.5 Å². The van der Waals surface area contributed by atoms with Crippen LogP contribution in [0.5, 0.6) is 5.75 Å². The van der Waals surface area contributed by atoms with Crippen LogP contribution < -0.4 is 14.5 Å². The van der Waals surface area contributed by atoms with Gasteiger partial charge in [0, 0.05) is 31.0 Å². The maximum absolute atomic E-state index is 13.3. The van der Waals surface area contributed by atoms with E-state index in [0.717, 1.165) is 34.9 Å². The molecule has 1 atom stereocenters. The zero-order chi connectivity index (χ0) is 27.9.